The van der Waals surface area contributed by atoms with Crippen LogP contribution < -0.4 is 16.4 Å². The van der Waals surface area contributed by atoms with Crippen molar-refractivity contribution >= 4 is 37.7 Å². The maximum atomic E-state index is 9.44. The molecule has 32 heavy (non-hydrogen) atoms. The lowest BCUT2D eigenvalue weighted by molar-refractivity contribution is 0.424. The normalized spacial score (nSPS) is 13.9. The molecule has 0 aromatic heterocycles. The van der Waals surface area contributed by atoms with Crippen molar-refractivity contribution in [2.75, 3.05) is 0 Å². The Labute approximate surface area is 189 Å². The van der Waals surface area contributed by atoms with Crippen LogP contribution in [0.4, 0.5) is 0 Å². The summed E-state index contributed by atoms with van der Waals surface area (Å²) in [4.78, 5) is 0. The van der Waals surface area contributed by atoms with Crippen molar-refractivity contribution in [2.45, 2.75) is 31.6 Å². The standard InChI is InChI=1S/C23H27B3O6/c1-15(17-3-9-20(10-4-17)24(27)28)23(19-7-13-22(14-8-19)26(31)32)16(2)18-5-11-21(12-6-18)25(29)30/h3-16,23,27-32H,1-2H3. The Hall–Kier alpha value is -2.39. The minimum atomic E-state index is -1.53. The molecular weight excluding hydrogens is 405 g/mol. The Balaban J connectivity index is 1.99. The molecule has 3 aromatic rings. The van der Waals surface area contributed by atoms with E-state index in [2.05, 4.69) is 13.8 Å². The van der Waals surface area contributed by atoms with E-state index in [1.54, 1.807) is 36.4 Å². The lowest BCUT2D eigenvalue weighted by atomic mass is 9.70. The number of benzene rings is 3. The summed E-state index contributed by atoms with van der Waals surface area (Å²) in [6.45, 7) is 4.21. The van der Waals surface area contributed by atoms with Crippen LogP contribution in [0.3, 0.4) is 0 Å². The van der Waals surface area contributed by atoms with Crippen LogP contribution in [-0.2, 0) is 0 Å². The number of hydrogen-bond donors (Lipinski definition) is 6. The van der Waals surface area contributed by atoms with Crippen molar-refractivity contribution in [1.29, 1.82) is 0 Å². The zero-order valence-electron chi connectivity index (χ0n) is 18.1. The van der Waals surface area contributed by atoms with Gasteiger partial charge in [-0.1, -0.05) is 86.6 Å². The molecule has 0 bridgehead atoms. The monoisotopic (exact) mass is 432 g/mol. The van der Waals surface area contributed by atoms with Crippen molar-refractivity contribution in [1.82, 2.24) is 0 Å². The van der Waals surface area contributed by atoms with Gasteiger partial charge in [0.05, 0.1) is 0 Å². The van der Waals surface area contributed by atoms with E-state index in [1.807, 2.05) is 36.4 Å². The topological polar surface area (TPSA) is 121 Å². The molecule has 0 amide bonds. The maximum Gasteiger partial charge on any atom is 0.488 e. The fraction of sp³-hybridized carbons (Fsp3) is 0.217. The molecule has 164 valence electrons. The zero-order chi connectivity index (χ0) is 23.4. The largest absolute Gasteiger partial charge is 0.488 e. The van der Waals surface area contributed by atoms with Crippen molar-refractivity contribution in [2.24, 2.45) is 0 Å². The quantitative estimate of drug-likeness (QED) is 0.265. The van der Waals surface area contributed by atoms with Crippen LogP contribution in [0.2, 0.25) is 0 Å². The molecule has 0 spiro atoms. The lowest BCUT2D eigenvalue weighted by Crippen LogP contribution is -2.30. The van der Waals surface area contributed by atoms with Crippen LogP contribution in [0.5, 0.6) is 0 Å². The predicted molar refractivity (Wildman–Crippen MR) is 128 cm³/mol. The fourth-order valence-electron chi connectivity index (χ4n) is 4.26. The summed E-state index contributed by atoms with van der Waals surface area (Å²) < 4.78 is 0. The lowest BCUT2D eigenvalue weighted by Gasteiger charge is -2.31. The van der Waals surface area contributed by atoms with Crippen LogP contribution in [0, 0.1) is 0 Å². The summed E-state index contributed by atoms with van der Waals surface area (Å²) in [6.07, 6.45) is 0. The Morgan fingerprint density at radius 3 is 0.938 bits per heavy atom. The SMILES string of the molecule is CC(c1ccc(B(O)O)cc1)C(c1ccc(B(O)O)cc1)C(C)c1ccc(B(O)O)cc1. The Morgan fingerprint density at radius 2 is 0.688 bits per heavy atom. The van der Waals surface area contributed by atoms with E-state index in [-0.39, 0.29) is 17.8 Å². The minimum absolute atomic E-state index is 0.00897. The van der Waals surface area contributed by atoms with Crippen molar-refractivity contribution in [3.8, 4) is 0 Å². The van der Waals surface area contributed by atoms with Gasteiger partial charge in [-0.25, -0.2) is 0 Å². The second-order valence-corrected chi connectivity index (χ2v) is 8.22. The van der Waals surface area contributed by atoms with Gasteiger partial charge in [-0.05, 0) is 50.8 Å². The molecule has 3 rings (SSSR count). The van der Waals surface area contributed by atoms with Gasteiger partial charge in [0.25, 0.3) is 0 Å². The van der Waals surface area contributed by atoms with Crippen molar-refractivity contribution in [3.05, 3.63) is 89.5 Å². The van der Waals surface area contributed by atoms with Gasteiger partial charge in [-0.2, -0.15) is 0 Å². The Morgan fingerprint density at radius 1 is 0.438 bits per heavy atom. The minimum Gasteiger partial charge on any atom is -0.423 e. The average Bonchev–Trinajstić information content (AvgIpc) is 2.79. The summed E-state index contributed by atoms with van der Waals surface area (Å²) >= 11 is 0. The molecule has 0 fully saturated rings. The second-order valence-electron chi connectivity index (χ2n) is 8.22. The van der Waals surface area contributed by atoms with E-state index in [9.17, 15) is 30.1 Å². The molecule has 0 radical (unpaired) electrons. The second kappa shape index (κ2) is 10.5. The van der Waals surface area contributed by atoms with Gasteiger partial charge in [0.15, 0.2) is 0 Å². The summed E-state index contributed by atoms with van der Waals surface area (Å²) in [7, 11) is -4.58. The third-order valence-corrected chi connectivity index (χ3v) is 6.22. The van der Waals surface area contributed by atoms with E-state index >= 15 is 0 Å². The molecule has 2 atom stereocenters. The molecule has 0 aliphatic heterocycles. The van der Waals surface area contributed by atoms with Gasteiger partial charge in [-0.3, -0.25) is 0 Å². The first kappa shape index (κ1) is 24.3. The van der Waals surface area contributed by atoms with Crippen molar-refractivity contribution in [3.63, 3.8) is 0 Å². The zero-order valence-corrected chi connectivity index (χ0v) is 18.1. The average molecular weight is 432 g/mol. The van der Waals surface area contributed by atoms with E-state index in [4.69, 9.17) is 0 Å². The molecule has 3 aromatic carbocycles. The first-order valence-corrected chi connectivity index (χ1v) is 10.6. The van der Waals surface area contributed by atoms with Gasteiger partial charge in [0, 0.05) is 0 Å². The van der Waals surface area contributed by atoms with Crippen LogP contribution in [0.15, 0.2) is 72.8 Å². The summed E-state index contributed by atoms with van der Waals surface area (Å²) in [5.41, 5.74) is 4.33. The summed E-state index contributed by atoms with van der Waals surface area (Å²) in [5.74, 6) is 0.0977. The molecule has 0 heterocycles. The van der Waals surface area contributed by atoms with E-state index < -0.39 is 21.4 Å². The van der Waals surface area contributed by atoms with Crippen molar-refractivity contribution < 1.29 is 30.1 Å². The summed E-state index contributed by atoms with van der Waals surface area (Å²) in [6, 6.07) is 21.5. The van der Waals surface area contributed by atoms with Gasteiger partial charge >= 0.3 is 21.4 Å². The fourth-order valence-corrected chi connectivity index (χ4v) is 4.26. The first-order chi connectivity index (χ1) is 15.2. The highest BCUT2D eigenvalue weighted by molar-refractivity contribution is 6.59. The van der Waals surface area contributed by atoms with E-state index in [0.29, 0.717) is 16.4 Å². The Bertz CT molecular complexity index is 934. The molecule has 0 aliphatic rings. The van der Waals surface area contributed by atoms with Gasteiger partial charge < -0.3 is 30.1 Å². The van der Waals surface area contributed by atoms with Gasteiger partial charge in [0.1, 0.15) is 0 Å². The molecule has 6 N–H and O–H groups in total. The van der Waals surface area contributed by atoms with Crippen LogP contribution >= 0.6 is 0 Å². The summed E-state index contributed by atoms with van der Waals surface area (Å²) in [5, 5.41) is 56.4. The molecule has 9 heteroatoms. The van der Waals surface area contributed by atoms with Crippen LogP contribution in [0.25, 0.3) is 0 Å². The number of rotatable bonds is 8. The molecule has 0 aliphatic carbocycles. The van der Waals surface area contributed by atoms with Gasteiger partial charge in [-0.15, -0.1) is 0 Å². The third-order valence-electron chi connectivity index (χ3n) is 6.22. The molecule has 2 unspecified atom stereocenters. The molecule has 0 saturated heterocycles. The first-order valence-electron chi connectivity index (χ1n) is 10.6. The van der Waals surface area contributed by atoms with Gasteiger partial charge in [0.2, 0.25) is 0 Å². The third kappa shape index (κ3) is 5.50. The predicted octanol–water partition coefficient (Wildman–Crippen LogP) is -0.583. The molecule has 0 saturated carbocycles. The van der Waals surface area contributed by atoms with E-state index in [0.717, 1.165) is 16.7 Å². The molecular formula is C23H27B3O6. The highest BCUT2D eigenvalue weighted by atomic mass is 16.4. The highest BCUT2D eigenvalue weighted by Gasteiger charge is 2.29. The van der Waals surface area contributed by atoms with Crippen LogP contribution in [-0.4, -0.2) is 51.5 Å². The van der Waals surface area contributed by atoms with Crippen LogP contribution in [0.1, 0.15) is 48.3 Å². The number of hydrogen-bond acceptors (Lipinski definition) is 6. The smallest absolute Gasteiger partial charge is 0.423 e. The highest BCUT2D eigenvalue weighted by Crippen LogP contribution is 2.42. The maximum absolute atomic E-state index is 9.44. The Kier molecular flexibility index (Phi) is 7.95. The van der Waals surface area contributed by atoms with E-state index in [1.165, 1.54) is 0 Å². The molecule has 6 nitrogen and oxygen atoms in total.